The lowest BCUT2D eigenvalue weighted by molar-refractivity contribution is -0.274. The van der Waals surface area contributed by atoms with Gasteiger partial charge in [0.05, 0.1) is 10.8 Å². The molecule has 7 nitrogen and oxygen atoms in total. The first-order valence-corrected chi connectivity index (χ1v) is 11.9. The van der Waals surface area contributed by atoms with Crippen molar-refractivity contribution in [3.8, 4) is 5.75 Å². The first-order valence-electron chi connectivity index (χ1n) is 10.4. The molecular weight excluding hydrogens is 461 g/mol. The van der Waals surface area contributed by atoms with Gasteiger partial charge in [-0.25, -0.2) is 13.4 Å². The first kappa shape index (κ1) is 25.0. The molecule has 0 heterocycles. The fraction of sp³-hybridized carbons (Fsp3) is 0.409. The number of sulfonamides is 1. The summed E-state index contributed by atoms with van der Waals surface area (Å²) in [5.41, 5.74) is 1.83. The number of carbonyl (C=O) groups is 1. The van der Waals surface area contributed by atoms with Gasteiger partial charge in [0.1, 0.15) is 5.75 Å². The van der Waals surface area contributed by atoms with Gasteiger partial charge in [-0.15, -0.1) is 17.6 Å². The van der Waals surface area contributed by atoms with E-state index in [1.54, 1.807) is 31.0 Å². The number of alkyl halides is 3. The summed E-state index contributed by atoms with van der Waals surface area (Å²) in [7, 11) is -4.00. The maximum absolute atomic E-state index is 13.6. The zero-order valence-electron chi connectivity index (χ0n) is 18.2. The topological polar surface area (TPSA) is 87.2 Å². The lowest BCUT2D eigenvalue weighted by Crippen LogP contribution is -2.46. The second kappa shape index (κ2) is 9.70. The molecule has 3 rings (SSSR count). The van der Waals surface area contributed by atoms with Crippen LogP contribution in [0.5, 0.6) is 5.75 Å². The summed E-state index contributed by atoms with van der Waals surface area (Å²) in [6.07, 6.45) is -4.37. The molecule has 0 aromatic heterocycles. The van der Waals surface area contributed by atoms with Crippen molar-refractivity contribution >= 4 is 16.0 Å². The highest BCUT2D eigenvalue weighted by Crippen LogP contribution is 2.34. The monoisotopic (exact) mass is 486 g/mol. The molecule has 33 heavy (non-hydrogen) atoms. The van der Waals surface area contributed by atoms with Crippen LogP contribution in [0.25, 0.3) is 0 Å². The van der Waals surface area contributed by atoms with Gasteiger partial charge >= 0.3 is 12.3 Å². The molecule has 1 aliphatic carbocycles. The van der Waals surface area contributed by atoms with Crippen LogP contribution in [0, 0.1) is 5.92 Å². The van der Waals surface area contributed by atoms with Crippen LogP contribution in [0.3, 0.4) is 0 Å². The van der Waals surface area contributed by atoms with E-state index in [0.717, 1.165) is 0 Å². The Kier molecular flexibility index (Phi) is 7.35. The lowest BCUT2D eigenvalue weighted by Gasteiger charge is -2.33. The Morgan fingerprint density at radius 3 is 2.30 bits per heavy atom. The molecule has 180 valence electrons. The Labute approximate surface area is 190 Å². The molecular formula is C22H25F3N2O5S. The van der Waals surface area contributed by atoms with Crippen molar-refractivity contribution in [2.45, 2.75) is 44.5 Å². The molecule has 0 radical (unpaired) electrons. The van der Waals surface area contributed by atoms with Gasteiger partial charge in [-0.1, -0.05) is 31.2 Å². The predicted molar refractivity (Wildman–Crippen MR) is 114 cm³/mol. The number of benzene rings is 2. The van der Waals surface area contributed by atoms with Crippen LogP contribution in [0.4, 0.5) is 13.2 Å². The summed E-state index contributed by atoms with van der Waals surface area (Å²) in [5.74, 6) is -1.98. The molecule has 0 spiro atoms. The van der Waals surface area contributed by atoms with Crippen molar-refractivity contribution < 1.29 is 36.2 Å². The van der Waals surface area contributed by atoms with E-state index in [4.69, 9.17) is 0 Å². The summed E-state index contributed by atoms with van der Waals surface area (Å²) in [5, 5.41) is 10.9. The van der Waals surface area contributed by atoms with Crippen molar-refractivity contribution in [2.24, 2.45) is 5.92 Å². The third kappa shape index (κ3) is 5.66. The smallest absolute Gasteiger partial charge is 0.481 e. The maximum Gasteiger partial charge on any atom is 0.573 e. The fourth-order valence-electron chi connectivity index (χ4n) is 4.03. The highest BCUT2D eigenvalue weighted by atomic mass is 32.2. The zero-order chi connectivity index (χ0) is 24.4. The number of hydrogen-bond donors (Lipinski definition) is 1. The van der Waals surface area contributed by atoms with Gasteiger partial charge in [-0.05, 0) is 54.7 Å². The van der Waals surface area contributed by atoms with E-state index in [-0.39, 0.29) is 36.6 Å². The number of hydrazine groups is 1. The third-order valence-electron chi connectivity index (χ3n) is 5.52. The number of nitrogens with zero attached hydrogens (tertiary/aromatic N) is 2. The number of fused-ring (bicyclic) bond motifs is 1. The summed E-state index contributed by atoms with van der Waals surface area (Å²) >= 11 is 0. The number of aliphatic carboxylic acids is 1. The minimum absolute atomic E-state index is 0.0815. The number of rotatable bonds is 9. The highest BCUT2D eigenvalue weighted by molar-refractivity contribution is 7.89. The summed E-state index contributed by atoms with van der Waals surface area (Å²) in [6.45, 7) is 4.04. The quantitative estimate of drug-likeness (QED) is 0.542. The van der Waals surface area contributed by atoms with Gasteiger partial charge < -0.3 is 9.84 Å². The van der Waals surface area contributed by atoms with Crippen LogP contribution in [0.2, 0.25) is 0 Å². The molecule has 11 heteroatoms. The average molecular weight is 487 g/mol. The molecule has 0 saturated heterocycles. The van der Waals surface area contributed by atoms with Gasteiger partial charge in [0.25, 0.3) is 10.0 Å². The van der Waals surface area contributed by atoms with Gasteiger partial charge in [0.2, 0.25) is 0 Å². The van der Waals surface area contributed by atoms with Crippen LogP contribution in [0.1, 0.15) is 30.5 Å². The fourth-order valence-corrected chi connectivity index (χ4v) is 5.85. The van der Waals surface area contributed by atoms with Crippen LogP contribution < -0.4 is 4.74 Å². The minimum Gasteiger partial charge on any atom is -0.481 e. The van der Waals surface area contributed by atoms with Gasteiger partial charge in [0, 0.05) is 19.6 Å². The number of ether oxygens (including phenoxy) is 1. The van der Waals surface area contributed by atoms with E-state index in [1.165, 1.54) is 34.7 Å². The normalized spacial score (nSPS) is 16.3. The zero-order valence-corrected chi connectivity index (χ0v) is 19.0. The van der Waals surface area contributed by atoms with Gasteiger partial charge in [-0.2, -0.15) is 0 Å². The van der Waals surface area contributed by atoms with E-state index in [2.05, 4.69) is 4.74 Å². The Morgan fingerprint density at radius 1 is 1.09 bits per heavy atom. The molecule has 2 aromatic rings. The maximum atomic E-state index is 13.6. The van der Waals surface area contributed by atoms with E-state index >= 15 is 0 Å². The van der Waals surface area contributed by atoms with Crippen LogP contribution in [-0.2, 0) is 34.2 Å². The second-order valence-corrected chi connectivity index (χ2v) is 9.46. The molecule has 1 atom stereocenters. The van der Waals surface area contributed by atoms with Crippen molar-refractivity contribution in [1.82, 2.24) is 9.42 Å². The third-order valence-corrected chi connectivity index (χ3v) is 7.51. The Morgan fingerprint density at radius 2 is 1.76 bits per heavy atom. The Bertz CT molecular complexity index is 1100. The van der Waals surface area contributed by atoms with Crippen LogP contribution in [0.15, 0.2) is 47.4 Å². The van der Waals surface area contributed by atoms with Crippen molar-refractivity contribution in [3.05, 3.63) is 59.2 Å². The van der Waals surface area contributed by atoms with Gasteiger partial charge in [-0.3, -0.25) is 4.79 Å². The first-order chi connectivity index (χ1) is 15.5. The summed E-state index contributed by atoms with van der Waals surface area (Å²) < 4.78 is 69.4. The molecule has 1 aliphatic rings. The molecule has 2 aromatic carbocycles. The Balaban J connectivity index is 1.85. The Hall–Kier alpha value is -2.63. The van der Waals surface area contributed by atoms with Crippen molar-refractivity contribution in [2.75, 3.05) is 13.1 Å². The van der Waals surface area contributed by atoms with Crippen molar-refractivity contribution in [3.63, 3.8) is 0 Å². The molecule has 0 saturated carbocycles. The number of carboxylic acids is 1. The number of halogens is 3. The SMILES string of the molecule is CCN(Cc1ccc(OC(F)(F)F)cc1)N(CC)S(=O)(=O)c1cccc2c1CC(C(=O)O)C2. The standard InChI is InChI=1S/C22H25F3N2O5S/c1-3-26(14-15-8-10-18(11-9-15)32-22(23,24)25)27(4-2)33(30,31)20-7-5-6-16-12-17(21(28)29)13-19(16)20/h5-11,17H,3-4,12-14H2,1-2H3,(H,28,29). The van der Waals surface area contributed by atoms with Crippen molar-refractivity contribution in [1.29, 1.82) is 0 Å². The number of carboxylic acid groups (broad SMARTS) is 1. The summed E-state index contributed by atoms with van der Waals surface area (Å²) in [6, 6.07) is 10.1. The van der Waals surface area contributed by atoms with Crippen LogP contribution in [-0.4, -0.2) is 48.4 Å². The minimum atomic E-state index is -4.79. The molecule has 0 amide bonds. The molecule has 0 fully saturated rings. The van der Waals surface area contributed by atoms with Crippen LogP contribution >= 0.6 is 0 Å². The molecule has 1 unspecified atom stereocenters. The highest BCUT2D eigenvalue weighted by Gasteiger charge is 2.36. The number of hydrogen-bond acceptors (Lipinski definition) is 5. The molecule has 0 bridgehead atoms. The average Bonchev–Trinajstić information content (AvgIpc) is 3.18. The molecule has 0 aliphatic heterocycles. The van der Waals surface area contributed by atoms with E-state index in [0.29, 0.717) is 23.2 Å². The van der Waals surface area contributed by atoms with E-state index < -0.39 is 28.3 Å². The molecule has 1 N–H and O–H groups in total. The largest absolute Gasteiger partial charge is 0.573 e. The second-order valence-electron chi connectivity index (χ2n) is 7.65. The summed E-state index contributed by atoms with van der Waals surface area (Å²) in [4.78, 5) is 11.5. The lowest BCUT2D eigenvalue weighted by atomic mass is 10.1. The van der Waals surface area contributed by atoms with Gasteiger partial charge in [0.15, 0.2) is 0 Å². The van der Waals surface area contributed by atoms with E-state index in [9.17, 15) is 31.5 Å². The van der Waals surface area contributed by atoms with E-state index in [1.807, 2.05) is 0 Å². The predicted octanol–water partition coefficient (Wildman–Crippen LogP) is 3.83.